The van der Waals surface area contributed by atoms with Crippen LogP contribution in [0, 0.1) is 0 Å². The molecule has 0 bridgehead atoms. The van der Waals surface area contributed by atoms with Gasteiger partial charge in [-0.1, -0.05) is 26.8 Å². The Morgan fingerprint density at radius 3 is 2.72 bits per heavy atom. The van der Waals surface area contributed by atoms with E-state index in [4.69, 9.17) is 4.74 Å². The van der Waals surface area contributed by atoms with Crippen molar-refractivity contribution >= 4 is 0 Å². The first-order valence-corrected chi connectivity index (χ1v) is 6.74. The Morgan fingerprint density at radius 1 is 1.39 bits per heavy atom. The van der Waals surface area contributed by atoms with Crippen LogP contribution < -0.4 is 0 Å². The lowest BCUT2D eigenvalue weighted by Crippen LogP contribution is -2.42. The number of hydrogen-bond acceptors (Lipinski definition) is 3. The van der Waals surface area contributed by atoms with Crippen molar-refractivity contribution in [3.8, 4) is 0 Å². The second-order valence-corrected chi connectivity index (χ2v) is 6.20. The van der Waals surface area contributed by atoms with Crippen LogP contribution >= 0.6 is 0 Å². The molecule has 3 heteroatoms. The molecular weight excluding hydrogens is 224 g/mol. The van der Waals surface area contributed by atoms with Gasteiger partial charge in [-0.3, -0.25) is 9.88 Å². The molecule has 0 saturated carbocycles. The molecule has 3 nitrogen and oxygen atoms in total. The minimum Gasteiger partial charge on any atom is -0.379 e. The number of morpholine rings is 1. The maximum Gasteiger partial charge on any atom is 0.0619 e. The summed E-state index contributed by atoms with van der Waals surface area (Å²) in [5.41, 5.74) is 2.57. The van der Waals surface area contributed by atoms with E-state index < -0.39 is 0 Å². The third-order valence-electron chi connectivity index (χ3n) is 3.48. The molecular formula is C15H24N2O. The molecule has 2 rings (SSSR count). The van der Waals surface area contributed by atoms with Gasteiger partial charge in [0.25, 0.3) is 0 Å². The SMILES string of the molecule is C[C@H]1COCCN1Cc1ccc(C(C)(C)C)nc1. The summed E-state index contributed by atoms with van der Waals surface area (Å²) < 4.78 is 5.46. The molecule has 1 aromatic heterocycles. The normalized spacial score (nSPS) is 22.1. The highest BCUT2D eigenvalue weighted by molar-refractivity contribution is 5.19. The molecule has 1 atom stereocenters. The fourth-order valence-electron chi connectivity index (χ4n) is 2.19. The number of nitrogens with zero attached hydrogens (tertiary/aromatic N) is 2. The second-order valence-electron chi connectivity index (χ2n) is 6.20. The van der Waals surface area contributed by atoms with Crippen LogP contribution in [0.3, 0.4) is 0 Å². The highest BCUT2D eigenvalue weighted by Crippen LogP contribution is 2.20. The summed E-state index contributed by atoms with van der Waals surface area (Å²) in [6.45, 7) is 12.5. The van der Waals surface area contributed by atoms with Gasteiger partial charge in [0.15, 0.2) is 0 Å². The fourth-order valence-corrected chi connectivity index (χ4v) is 2.19. The van der Waals surface area contributed by atoms with Crippen LogP contribution in [0.4, 0.5) is 0 Å². The van der Waals surface area contributed by atoms with Gasteiger partial charge < -0.3 is 4.74 Å². The Bertz CT molecular complexity index is 380. The zero-order valence-electron chi connectivity index (χ0n) is 11.9. The van der Waals surface area contributed by atoms with Gasteiger partial charge >= 0.3 is 0 Å². The third-order valence-corrected chi connectivity index (χ3v) is 3.48. The van der Waals surface area contributed by atoms with E-state index in [1.165, 1.54) is 5.56 Å². The lowest BCUT2D eigenvalue weighted by Gasteiger charge is -2.33. The van der Waals surface area contributed by atoms with Gasteiger partial charge in [-0.25, -0.2) is 0 Å². The maximum atomic E-state index is 5.46. The van der Waals surface area contributed by atoms with E-state index in [-0.39, 0.29) is 5.41 Å². The van der Waals surface area contributed by atoms with Crippen molar-refractivity contribution in [1.82, 2.24) is 9.88 Å². The first-order chi connectivity index (χ1) is 8.47. The summed E-state index contributed by atoms with van der Waals surface area (Å²) in [6, 6.07) is 4.86. The zero-order chi connectivity index (χ0) is 13.2. The Balaban J connectivity index is 2.02. The highest BCUT2D eigenvalue weighted by Gasteiger charge is 2.19. The first-order valence-electron chi connectivity index (χ1n) is 6.74. The van der Waals surface area contributed by atoms with E-state index >= 15 is 0 Å². The Morgan fingerprint density at radius 2 is 2.17 bits per heavy atom. The summed E-state index contributed by atoms with van der Waals surface area (Å²) in [6.07, 6.45) is 2.02. The zero-order valence-corrected chi connectivity index (χ0v) is 11.9. The van der Waals surface area contributed by atoms with E-state index in [0.717, 1.165) is 32.0 Å². The quantitative estimate of drug-likeness (QED) is 0.804. The average molecular weight is 248 g/mol. The van der Waals surface area contributed by atoms with Crippen LogP contribution in [0.1, 0.15) is 39.0 Å². The summed E-state index contributed by atoms with van der Waals surface area (Å²) >= 11 is 0. The molecule has 0 aromatic carbocycles. The van der Waals surface area contributed by atoms with Gasteiger partial charge in [0.05, 0.1) is 13.2 Å². The van der Waals surface area contributed by atoms with Crippen LogP contribution in [0.5, 0.6) is 0 Å². The van der Waals surface area contributed by atoms with E-state index in [2.05, 4.69) is 49.7 Å². The smallest absolute Gasteiger partial charge is 0.0619 e. The Kier molecular flexibility index (Phi) is 4.03. The number of hydrogen-bond donors (Lipinski definition) is 0. The molecule has 1 saturated heterocycles. The number of aromatic nitrogens is 1. The highest BCUT2D eigenvalue weighted by atomic mass is 16.5. The van der Waals surface area contributed by atoms with Crippen molar-refractivity contribution < 1.29 is 4.74 Å². The number of rotatable bonds is 2. The predicted octanol–water partition coefficient (Wildman–Crippen LogP) is 2.60. The molecule has 0 N–H and O–H groups in total. The molecule has 1 aliphatic rings. The van der Waals surface area contributed by atoms with Gasteiger partial charge in [-0.05, 0) is 18.6 Å². The van der Waals surface area contributed by atoms with Gasteiger partial charge in [-0.15, -0.1) is 0 Å². The van der Waals surface area contributed by atoms with Gasteiger partial charge in [0.1, 0.15) is 0 Å². The molecule has 1 aliphatic heterocycles. The van der Waals surface area contributed by atoms with Crippen molar-refractivity contribution in [1.29, 1.82) is 0 Å². The minimum absolute atomic E-state index is 0.130. The largest absolute Gasteiger partial charge is 0.379 e. The standard InChI is InChI=1S/C15H24N2O/c1-12-11-18-8-7-17(12)10-13-5-6-14(16-9-13)15(2,3)4/h5-6,9,12H,7-8,10-11H2,1-4H3/t12-/m0/s1. The second kappa shape index (κ2) is 5.37. The van der Waals surface area contributed by atoms with E-state index in [9.17, 15) is 0 Å². The Labute approximate surface area is 110 Å². The van der Waals surface area contributed by atoms with Gasteiger partial charge in [0, 0.05) is 36.4 Å². The van der Waals surface area contributed by atoms with Crippen LogP contribution in [0.25, 0.3) is 0 Å². The topological polar surface area (TPSA) is 25.4 Å². The van der Waals surface area contributed by atoms with Crippen LogP contribution in [0.15, 0.2) is 18.3 Å². The average Bonchev–Trinajstić information content (AvgIpc) is 2.32. The molecule has 2 heterocycles. The van der Waals surface area contributed by atoms with Gasteiger partial charge in [0.2, 0.25) is 0 Å². The lowest BCUT2D eigenvalue weighted by molar-refractivity contribution is -0.00441. The van der Waals surface area contributed by atoms with E-state index in [1.54, 1.807) is 0 Å². The molecule has 1 fully saturated rings. The molecule has 0 aliphatic carbocycles. The third kappa shape index (κ3) is 3.30. The van der Waals surface area contributed by atoms with Crippen LogP contribution in [-0.4, -0.2) is 35.7 Å². The fraction of sp³-hybridized carbons (Fsp3) is 0.667. The summed E-state index contributed by atoms with van der Waals surface area (Å²) in [5, 5.41) is 0. The number of pyridine rings is 1. The van der Waals surface area contributed by atoms with E-state index in [0.29, 0.717) is 6.04 Å². The predicted molar refractivity (Wildman–Crippen MR) is 73.6 cm³/mol. The van der Waals surface area contributed by atoms with Crippen LogP contribution in [0.2, 0.25) is 0 Å². The van der Waals surface area contributed by atoms with Gasteiger partial charge in [-0.2, -0.15) is 0 Å². The van der Waals surface area contributed by atoms with E-state index in [1.807, 2.05) is 6.20 Å². The van der Waals surface area contributed by atoms with Crippen molar-refractivity contribution in [2.45, 2.75) is 45.7 Å². The molecule has 18 heavy (non-hydrogen) atoms. The van der Waals surface area contributed by atoms with Crippen molar-refractivity contribution in [2.24, 2.45) is 0 Å². The number of ether oxygens (including phenoxy) is 1. The van der Waals surface area contributed by atoms with Crippen LogP contribution in [-0.2, 0) is 16.7 Å². The summed E-state index contributed by atoms with van der Waals surface area (Å²) in [7, 11) is 0. The lowest BCUT2D eigenvalue weighted by atomic mass is 9.91. The van der Waals surface area contributed by atoms with Crippen molar-refractivity contribution in [3.63, 3.8) is 0 Å². The summed E-state index contributed by atoms with van der Waals surface area (Å²) in [5.74, 6) is 0. The minimum atomic E-state index is 0.130. The molecule has 0 amide bonds. The summed E-state index contributed by atoms with van der Waals surface area (Å²) in [4.78, 5) is 7.04. The molecule has 0 radical (unpaired) electrons. The Hall–Kier alpha value is -0.930. The monoisotopic (exact) mass is 248 g/mol. The maximum absolute atomic E-state index is 5.46. The molecule has 100 valence electrons. The van der Waals surface area contributed by atoms with Crippen molar-refractivity contribution in [3.05, 3.63) is 29.6 Å². The first kappa shape index (κ1) is 13.5. The molecule has 0 spiro atoms. The molecule has 0 unspecified atom stereocenters. The molecule has 1 aromatic rings. The van der Waals surface area contributed by atoms with Crippen molar-refractivity contribution in [2.75, 3.05) is 19.8 Å².